The SMILES string of the molecule is O=C1C[C@@H]2OCC[C@]2(C(=O)O)CN1. The average molecular weight is 185 g/mol. The fourth-order valence-electron chi connectivity index (χ4n) is 1.98. The lowest BCUT2D eigenvalue weighted by Gasteiger charge is -2.33. The van der Waals surface area contributed by atoms with Gasteiger partial charge >= 0.3 is 5.97 Å². The number of aliphatic carboxylic acids is 1. The van der Waals surface area contributed by atoms with E-state index in [1.54, 1.807) is 0 Å². The van der Waals surface area contributed by atoms with Crippen LogP contribution in [0.15, 0.2) is 0 Å². The predicted octanol–water partition coefficient (Wildman–Crippen LogP) is -0.634. The van der Waals surface area contributed by atoms with Gasteiger partial charge < -0.3 is 15.2 Å². The van der Waals surface area contributed by atoms with E-state index in [2.05, 4.69) is 5.32 Å². The van der Waals surface area contributed by atoms with Crippen molar-refractivity contribution in [2.75, 3.05) is 13.2 Å². The number of carbonyl (C=O) groups excluding carboxylic acids is 1. The van der Waals surface area contributed by atoms with Crippen molar-refractivity contribution in [3.8, 4) is 0 Å². The van der Waals surface area contributed by atoms with Crippen molar-refractivity contribution in [3.63, 3.8) is 0 Å². The van der Waals surface area contributed by atoms with Gasteiger partial charge in [0.2, 0.25) is 5.91 Å². The van der Waals surface area contributed by atoms with Gasteiger partial charge in [-0.25, -0.2) is 0 Å². The Morgan fingerprint density at radius 1 is 1.69 bits per heavy atom. The van der Waals surface area contributed by atoms with Crippen molar-refractivity contribution < 1.29 is 19.4 Å². The highest BCUT2D eigenvalue weighted by Gasteiger charge is 2.53. The molecule has 0 aromatic carbocycles. The molecule has 0 saturated carbocycles. The fraction of sp³-hybridized carbons (Fsp3) is 0.750. The van der Waals surface area contributed by atoms with E-state index in [4.69, 9.17) is 9.84 Å². The molecule has 0 bridgehead atoms. The molecule has 72 valence electrons. The van der Waals surface area contributed by atoms with Gasteiger partial charge in [0.25, 0.3) is 0 Å². The van der Waals surface area contributed by atoms with Gasteiger partial charge in [-0.05, 0) is 6.42 Å². The van der Waals surface area contributed by atoms with E-state index in [1.165, 1.54) is 0 Å². The first-order valence-corrected chi connectivity index (χ1v) is 4.27. The van der Waals surface area contributed by atoms with Crippen LogP contribution in [0.1, 0.15) is 12.8 Å². The molecule has 0 spiro atoms. The molecule has 2 fully saturated rings. The third-order valence-electron chi connectivity index (χ3n) is 2.88. The van der Waals surface area contributed by atoms with Crippen LogP contribution in [0, 0.1) is 5.41 Å². The number of hydrogen-bond donors (Lipinski definition) is 2. The molecule has 13 heavy (non-hydrogen) atoms. The zero-order valence-electron chi connectivity index (χ0n) is 7.08. The first-order valence-electron chi connectivity index (χ1n) is 4.27. The molecule has 2 aliphatic heterocycles. The number of amides is 1. The van der Waals surface area contributed by atoms with Crippen molar-refractivity contribution in [1.29, 1.82) is 0 Å². The minimum absolute atomic E-state index is 0.122. The lowest BCUT2D eigenvalue weighted by molar-refractivity contribution is -0.155. The lowest BCUT2D eigenvalue weighted by Crippen LogP contribution is -2.54. The van der Waals surface area contributed by atoms with Crippen LogP contribution in [0.2, 0.25) is 0 Å². The summed E-state index contributed by atoms with van der Waals surface area (Å²) < 4.78 is 5.25. The maximum atomic E-state index is 11.0. The summed E-state index contributed by atoms with van der Waals surface area (Å²) in [7, 11) is 0. The van der Waals surface area contributed by atoms with E-state index in [1.807, 2.05) is 0 Å². The predicted molar refractivity (Wildman–Crippen MR) is 42.1 cm³/mol. The molecular weight excluding hydrogens is 174 g/mol. The molecule has 5 heteroatoms. The lowest BCUT2D eigenvalue weighted by atomic mass is 9.77. The number of piperidine rings is 1. The van der Waals surface area contributed by atoms with Crippen LogP contribution in [-0.4, -0.2) is 36.2 Å². The molecule has 2 aliphatic rings. The summed E-state index contributed by atoms with van der Waals surface area (Å²) in [5, 5.41) is 11.6. The number of nitrogens with one attached hydrogen (secondary N) is 1. The summed E-state index contributed by atoms with van der Waals surface area (Å²) in [6.07, 6.45) is 0.235. The number of carbonyl (C=O) groups is 2. The molecule has 5 nitrogen and oxygen atoms in total. The molecule has 0 radical (unpaired) electrons. The molecular formula is C8H11NO4. The highest BCUT2D eigenvalue weighted by atomic mass is 16.5. The normalized spacial score (nSPS) is 38.2. The first kappa shape index (κ1) is 8.50. The van der Waals surface area contributed by atoms with Crippen molar-refractivity contribution in [3.05, 3.63) is 0 Å². The summed E-state index contributed by atoms with van der Waals surface area (Å²) in [4.78, 5) is 22.0. The Labute approximate surface area is 75.1 Å². The summed E-state index contributed by atoms with van der Waals surface area (Å²) in [6.45, 7) is 0.637. The number of rotatable bonds is 1. The van der Waals surface area contributed by atoms with Crippen LogP contribution in [-0.2, 0) is 14.3 Å². The van der Waals surface area contributed by atoms with Gasteiger partial charge in [0.05, 0.1) is 12.5 Å². The third kappa shape index (κ3) is 1.11. The maximum Gasteiger partial charge on any atom is 0.314 e. The summed E-state index contributed by atoms with van der Waals surface area (Å²) in [6, 6.07) is 0. The number of fused-ring (bicyclic) bond motifs is 1. The van der Waals surface area contributed by atoms with E-state index in [-0.39, 0.29) is 18.9 Å². The number of carboxylic acid groups (broad SMARTS) is 1. The second kappa shape index (κ2) is 2.70. The van der Waals surface area contributed by atoms with Gasteiger partial charge in [0.15, 0.2) is 0 Å². The van der Waals surface area contributed by atoms with Gasteiger partial charge in [-0.3, -0.25) is 9.59 Å². The maximum absolute atomic E-state index is 11.0. The van der Waals surface area contributed by atoms with Crippen LogP contribution in [0.4, 0.5) is 0 Å². The summed E-state index contributed by atoms with van der Waals surface area (Å²) >= 11 is 0. The second-order valence-electron chi connectivity index (χ2n) is 3.55. The molecule has 0 aromatic rings. The Morgan fingerprint density at radius 2 is 2.46 bits per heavy atom. The number of ether oxygens (including phenoxy) is 1. The standard InChI is InChI=1S/C8H11NO4/c10-6-3-5-8(4-9-6,7(11)12)1-2-13-5/h5H,1-4H2,(H,9,10)(H,11,12)/t5-,8-/m0/s1. The molecule has 0 aromatic heterocycles. The highest BCUT2D eigenvalue weighted by molar-refractivity contribution is 5.84. The van der Waals surface area contributed by atoms with Gasteiger partial charge in [-0.2, -0.15) is 0 Å². The molecule has 1 amide bonds. The molecule has 2 atom stereocenters. The van der Waals surface area contributed by atoms with E-state index < -0.39 is 17.5 Å². The minimum atomic E-state index is -0.867. The van der Waals surface area contributed by atoms with Crippen LogP contribution in [0.25, 0.3) is 0 Å². The Bertz CT molecular complexity index is 265. The molecule has 0 unspecified atom stereocenters. The molecule has 2 N–H and O–H groups in total. The topological polar surface area (TPSA) is 75.6 Å². The summed E-state index contributed by atoms with van der Waals surface area (Å²) in [5.74, 6) is -0.987. The molecule has 2 heterocycles. The quantitative estimate of drug-likeness (QED) is 0.570. The van der Waals surface area contributed by atoms with Gasteiger partial charge in [0, 0.05) is 13.2 Å². The van der Waals surface area contributed by atoms with Crippen molar-refractivity contribution in [2.45, 2.75) is 18.9 Å². The minimum Gasteiger partial charge on any atom is -0.481 e. The van der Waals surface area contributed by atoms with Gasteiger partial charge in [0.1, 0.15) is 5.41 Å². The third-order valence-corrected chi connectivity index (χ3v) is 2.88. The second-order valence-corrected chi connectivity index (χ2v) is 3.55. The van der Waals surface area contributed by atoms with Crippen molar-refractivity contribution in [2.24, 2.45) is 5.41 Å². The van der Waals surface area contributed by atoms with E-state index in [9.17, 15) is 9.59 Å². The largest absolute Gasteiger partial charge is 0.481 e. The molecule has 2 saturated heterocycles. The molecule has 0 aliphatic carbocycles. The van der Waals surface area contributed by atoms with E-state index >= 15 is 0 Å². The zero-order valence-corrected chi connectivity index (χ0v) is 7.08. The number of hydrogen-bond acceptors (Lipinski definition) is 3. The van der Waals surface area contributed by atoms with Gasteiger partial charge in [-0.1, -0.05) is 0 Å². The average Bonchev–Trinajstić information content (AvgIpc) is 2.48. The van der Waals surface area contributed by atoms with Crippen LogP contribution >= 0.6 is 0 Å². The smallest absolute Gasteiger partial charge is 0.314 e. The van der Waals surface area contributed by atoms with Crippen LogP contribution < -0.4 is 5.32 Å². The Kier molecular flexibility index (Phi) is 1.76. The Hall–Kier alpha value is -1.10. The van der Waals surface area contributed by atoms with E-state index in [0.717, 1.165) is 0 Å². The fourth-order valence-corrected chi connectivity index (χ4v) is 1.98. The number of carboxylic acids is 1. The van der Waals surface area contributed by atoms with Crippen LogP contribution in [0.5, 0.6) is 0 Å². The Balaban J connectivity index is 2.25. The summed E-state index contributed by atoms with van der Waals surface area (Å²) in [5.41, 5.74) is -0.867. The molecule has 2 rings (SSSR count). The monoisotopic (exact) mass is 185 g/mol. The van der Waals surface area contributed by atoms with E-state index in [0.29, 0.717) is 13.0 Å². The van der Waals surface area contributed by atoms with Crippen molar-refractivity contribution >= 4 is 11.9 Å². The van der Waals surface area contributed by atoms with Crippen molar-refractivity contribution in [1.82, 2.24) is 5.32 Å². The Morgan fingerprint density at radius 3 is 3.15 bits per heavy atom. The van der Waals surface area contributed by atoms with Crippen LogP contribution in [0.3, 0.4) is 0 Å². The first-order chi connectivity index (χ1) is 6.15. The highest BCUT2D eigenvalue weighted by Crippen LogP contribution is 2.38. The zero-order chi connectivity index (χ0) is 9.47. The van der Waals surface area contributed by atoms with Gasteiger partial charge in [-0.15, -0.1) is 0 Å².